The van der Waals surface area contributed by atoms with Crippen LogP contribution in [0.3, 0.4) is 0 Å². The van der Waals surface area contributed by atoms with Gasteiger partial charge in [0.2, 0.25) is 0 Å². The summed E-state index contributed by atoms with van der Waals surface area (Å²) in [5.74, 6) is -0.109. The lowest BCUT2D eigenvalue weighted by molar-refractivity contribution is -0.138. The highest BCUT2D eigenvalue weighted by molar-refractivity contribution is 5.98. The minimum Gasteiger partial charge on any atom is -0.490 e. The molecule has 1 heterocycles. The number of nitrogens with zero attached hydrogens (tertiary/aromatic N) is 1. The minimum atomic E-state index is -0.774. The molecule has 1 aromatic rings. The predicted octanol–water partition coefficient (Wildman–Crippen LogP) is 2.99. The first-order valence-electron chi connectivity index (χ1n) is 8.22. The van der Waals surface area contributed by atoms with E-state index in [2.05, 4.69) is 4.90 Å². The number of hydrogen-bond acceptors (Lipinski definition) is 4. The first-order chi connectivity index (χ1) is 11.0. The van der Waals surface area contributed by atoms with E-state index < -0.39 is 5.97 Å². The Morgan fingerprint density at radius 1 is 1.35 bits per heavy atom. The number of carboxylic acid groups (broad SMARTS) is 1. The van der Waals surface area contributed by atoms with Gasteiger partial charge < -0.3 is 9.84 Å². The van der Waals surface area contributed by atoms with Gasteiger partial charge in [-0.25, -0.2) is 0 Å². The maximum atomic E-state index is 12.5. The molecule has 1 aliphatic heterocycles. The third-order valence-corrected chi connectivity index (χ3v) is 4.09. The monoisotopic (exact) mass is 319 g/mol. The minimum absolute atomic E-state index is 0.0162. The SMILES string of the molecule is CC(C)Oc1ccccc1C(=O)CCN1CCCC1CC(=O)O. The van der Waals surface area contributed by atoms with Crippen LogP contribution in [0.15, 0.2) is 24.3 Å². The van der Waals surface area contributed by atoms with Crippen LogP contribution in [0.5, 0.6) is 5.75 Å². The van der Waals surface area contributed by atoms with E-state index in [0.717, 1.165) is 19.4 Å². The topological polar surface area (TPSA) is 66.8 Å². The van der Waals surface area contributed by atoms with Crippen LogP contribution in [0.1, 0.15) is 49.9 Å². The number of carbonyl (C=O) groups is 2. The molecule has 1 aromatic carbocycles. The fraction of sp³-hybridized carbons (Fsp3) is 0.556. The van der Waals surface area contributed by atoms with Gasteiger partial charge in [-0.1, -0.05) is 12.1 Å². The molecule has 1 saturated heterocycles. The van der Waals surface area contributed by atoms with Crippen LogP contribution in [0.2, 0.25) is 0 Å². The average molecular weight is 319 g/mol. The molecule has 0 spiro atoms. The smallest absolute Gasteiger partial charge is 0.304 e. The highest BCUT2D eigenvalue weighted by Gasteiger charge is 2.27. The van der Waals surface area contributed by atoms with Crippen molar-refractivity contribution in [2.45, 2.75) is 51.7 Å². The number of ether oxygens (including phenoxy) is 1. The Hall–Kier alpha value is -1.88. The number of rotatable bonds is 8. The molecule has 126 valence electrons. The van der Waals surface area contributed by atoms with Crippen molar-refractivity contribution in [3.05, 3.63) is 29.8 Å². The zero-order valence-corrected chi connectivity index (χ0v) is 13.8. The van der Waals surface area contributed by atoms with Gasteiger partial charge in [0.15, 0.2) is 5.78 Å². The third-order valence-electron chi connectivity index (χ3n) is 4.09. The van der Waals surface area contributed by atoms with E-state index in [9.17, 15) is 9.59 Å². The van der Waals surface area contributed by atoms with E-state index in [1.54, 1.807) is 6.07 Å². The number of hydrogen-bond donors (Lipinski definition) is 1. The van der Waals surface area contributed by atoms with Crippen LogP contribution in [0.25, 0.3) is 0 Å². The number of para-hydroxylation sites is 1. The fourth-order valence-electron chi connectivity index (χ4n) is 3.06. The molecule has 1 unspecified atom stereocenters. The summed E-state index contributed by atoms with van der Waals surface area (Å²) in [6.45, 7) is 5.34. The molecule has 1 N–H and O–H groups in total. The molecule has 5 heteroatoms. The largest absolute Gasteiger partial charge is 0.490 e. The maximum absolute atomic E-state index is 12.5. The van der Waals surface area contributed by atoms with Crippen LogP contribution in [0.4, 0.5) is 0 Å². The van der Waals surface area contributed by atoms with Crippen molar-refractivity contribution in [2.24, 2.45) is 0 Å². The molecule has 0 saturated carbocycles. The molecule has 1 atom stereocenters. The molecule has 1 fully saturated rings. The molecule has 5 nitrogen and oxygen atoms in total. The maximum Gasteiger partial charge on any atom is 0.304 e. The highest BCUT2D eigenvalue weighted by Crippen LogP contribution is 2.23. The van der Waals surface area contributed by atoms with Crippen molar-refractivity contribution in [2.75, 3.05) is 13.1 Å². The van der Waals surface area contributed by atoms with Crippen LogP contribution in [-0.4, -0.2) is 47.0 Å². The molecule has 0 aliphatic carbocycles. The van der Waals surface area contributed by atoms with Gasteiger partial charge in [0.1, 0.15) is 5.75 Å². The summed E-state index contributed by atoms with van der Waals surface area (Å²) in [5.41, 5.74) is 0.607. The highest BCUT2D eigenvalue weighted by atomic mass is 16.5. The zero-order chi connectivity index (χ0) is 16.8. The van der Waals surface area contributed by atoms with Crippen molar-refractivity contribution >= 4 is 11.8 Å². The molecule has 0 bridgehead atoms. The van der Waals surface area contributed by atoms with E-state index in [0.29, 0.717) is 24.3 Å². The van der Waals surface area contributed by atoms with Crippen LogP contribution >= 0.6 is 0 Å². The molecule has 0 amide bonds. The Kier molecular flexibility index (Phi) is 6.16. The Labute approximate surface area is 137 Å². The quantitative estimate of drug-likeness (QED) is 0.746. The molecule has 0 aromatic heterocycles. The average Bonchev–Trinajstić information content (AvgIpc) is 2.91. The number of benzene rings is 1. The second-order valence-electron chi connectivity index (χ2n) is 6.27. The van der Waals surface area contributed by atoms with E-state index in [4.69, 9.17) is 9.84 Å². The van der Waals surface area contributed by atoms with E-state index in [1.807, 2.05) is 32.0 Å². The molecular formula is C18H25NO4. The first-order valence-corrected chi connectivity index (χ1v) is 8.22. The van der Waals surface area contributed by atoms with Crippen molar-refractivity contribution in [3.8, 4) is 5.75 Å². The molecule has 23 heavy (non-hydrogen) atoms. The fourth-order valence-corrected chi connectivity index (χ4v) is 3.06. The second kappa shape index (κ2) is 8.11. The second-order valence-corrected chi connectivity index (χ2v) is 6.27. The number of Topliss-reactive ketones (excluding diaryl/α,β-unsaturated/α-hetero) is 1. The van der Waals surface area contributed by atoms with Crippen LogP contribution in [0, 0.1) is 0 Å². The normalized spacial score (nSPS) is 18.3. The van der Waals surface area contributed by atoms with Gasteiger partial charge in [0.25, 0.3) is 0 Å². The lowest BCUT2D eigenvalue weighted by Gasteiger charge is -2.22. The van der Waals surface area contributed by atoms with Gasteiger partial charge >= 0.3 is 5.97 Å². The van der Waals surface area contributed by atoms with Crippen molar-refractivity contribution in [1.82, 2.24) is 4.90 Å². The van der Waals surface area contributed by atoms with Crippen molar-refractivity contribution in [3.63, 3.8) is 0 Å². The van der Waals surface area contributed by atoms with Crippen LogP contribution in [-0.2, 0) is 4.79 Å². The van der Waals surface area contributed by atoms with Gasteiger partial charge in [-0.05, 0) is 45.4 Å². The summed E-state index contributed by atoms with van der Waals surface area (Å²) in [6, 6.07) is 7.36. The Bertz CT molecular complexity index is 556. The summed E-state index contributed by atoms with van der Waals surface area (Å²) in [6.07, 6.45) is 2.45. The first kappa shape index (κ1) is 17.5. The van der Waals surface area contributed by atoms with Gasteiger partial charge in [-0.2, -0.15) is 0 Å². The summed E-state index contributed by atoms with van der Waals surface area (Å²) in [7, 11) is 0. The third kappa shape index (κ3) is 5.06. The molecular weight excluding hydrogens is 294 g/mol. The van der Waals surface area contributed by atoms with E-state index in [-0.39, 0.29) is 24.3 Å². The predicted molar refractivity (Wildman–Crippen MR) is 88.0 cm³/mol. The Morgan fingerprint density at radius 3 is 2.78 bits per heavy atom. The van der Waals surface area contributed by atoms with Gasteiger partial charge in [-0.3, -0.25) is 14.5 Å². The summed E-state index contributed by atoms with van der Waals surface area (Å²) in [5, 5.41) is 8.96. The Morgan fingerprint density at radius 2 is 2.09 bits per heavy atom. The van der Waals surface area contributed by atoms with E-state index >= 15 is 0 Å². The number of likely N-dealkylation sites (tertiary alicyclic amines) is 1. The number of carbonyl (C=O) groups excluding carboxylic acids is 1. The Balaban J connectivity index is 1.96. The molecule has 1 aliphatic rings. The van der Waals surface area contributed by atoms with Gasteiger partial charge in [-0.15, -0.1) is 0 Å². The lowest BCUT2D eigenvalue weighted by Crippen LogP contribution is -2.33. The zero-order valence-electron chi connectivity index (χ0n) is 13.8. The molecule has 2 rings (SSSR count). The van der Waals surface area contributed by atoms with Gasteiger partial charge in [0.05, 0.1) is 18.1 Å². The summed E-state index contributed by atoms with van der Waals surface area (Å²) >= 11 is 0. The van der Waals surface area contributed by atoms with Crippen molar-refractivity contribution < 1.29 is 19.4 Å². The number of ketones is 1. The summed E-state index contributed by atoms with van der Waals surface area (Å²) < 4.78 is 5.70. The van der Waals surface area contributed by atoms with Crippen molar-refractivity contribution in [1.29, 1.82) is 0 Å². The number of carboxylic acids is 1. The lowest BCUT2D eigenvalue weighted by atomic mass is 10.1. The van der Waals surface area contributed by atoms with Crippen LogP contribution < -0.4 is 4.74 Å². The summed E-state index contributed by atoms with van der Waals surface area (Å²) in [4.78, 5) is 25.5. The standard InChI is InChI=1S/C18H25NO4/c1-13(2)23-17-8-4-3-7-15(17)16(20)9-11-19-10-5-6-14(19)12-18(21)22/h3-4,7-8,13-14H,5-6,9-12H2,1-2H3,(H,21,22). The van der Waals surface area contributed by atoms with Gasteiger partial charge in [0, 0.05) is 19.0 Å². The number of aliphatic carboxylic acids is 1. The van der Waals surface area contributed by atoms with E-state index in [1.165, 1.54) is 0 Å². The molecule has 0 radical (unpaired) electrons.